The summed E-state index contributed by atoms with van der Waals surface area (Å²) in [5.41, 5.74) is 7.66. The molecule has 0 atom stereocenters. The third-order valence-corrected chi connectivity index (χ3v) is 3.72. The smallest absolute Gasteiger partial charge is 0.0546 e. The fraction of sp³-hybridized carbons (Fsp3) is 0.538. The number of anilines is 1. The van der Waals surface area contributed by atoms with Crippen molar-refractivity contribution < 1.29 is 5.11 Å². The lowest BCUT2D eigenvalue weighted by Crippen LogP contribution is -2.36. The second-order valence-corrected chi connectivity index (χ2v) is 5.40. The van der Waals surface area contributed by atoms with E-state index < -0.39 is 0 Å². The van der Waals surface area contributed by atoms with Gasteiger partial charge in [-0.25, -0.2) is 0 Å². The number of nitrogens with zero attached hydrogens (tertiary/aromatic N) is 1. The number of aliphatic hydroxyl groups is 1. The zero-order chi connectivity index (χ0) is 12.4. The van der Waals surface area contributed by atoms with E-state index in [0.29, 0.717) is 5.92 Å². The van der Waals surface area contributed by atoms with Crippen LogP contribution in [0, 0.1) is 5.92 Å². The van der Waals surface area contributed by atoms with E-state index in [2.05, 4.69) is 11.9 Å². The maximum Gasteiger partial charge on any atom is 0.0546 e. The molecular formula is C13H19ClN2O. The Bertz CT molecular complexity index is 371. The summed E-state index contributed by atoms with van der Waals surface area (Å²) in [4.78, 5) is 2.22. The average molecular weight is 255 g/mol. The lowest BCUT2D eigenvalue weighted by Gasteiger charge is -2.34. The fourth-order valence-corrected chi connectivity index (χ4v) is 2.61. The Hall–Kier alpha value is -0.770. The van der Waals surface area contributed by atoms with Crippen LogP contribution in [0.2, 0.25) is 5.02 Å². The van der Waals surface area contributed by atoms with Crippen LogP contribution in [0.5, 0.6) is 0 Å². The van der Waals surface area contributed by atoms with Crippen molar-refractivity contribution in [3.05, 3.63) is 28.8 Å². The van der Waals surface area contributed by atoms with Crippen LogP contribution in [-0.2, 0) is 6.54 Å². The molecule has 0 bridgehead atoms. The van der Waals surface area contributed by atoms with Crippen molar-refractivity contribution in [2.45, 2.75) is 25.5 Å². The molecule has 4 heteroatoms. The van der Waals surface area contributed by atoms with Crippen LogP contribution in [0.25, 0.3) is 0 Å². The Labute approximate surface area is 107 Å². The molecular weight excluding hydrogens is 236 g/mol. The van der Waals surface area contributed by atoms with Gasteiger partial charge in [0.1, 0.15) is 0 Å². The Balaban J connectivity index is 1.91. The number of hydrogen-bond donors (Lipinski definition) is 2. The molecule has 0 amide bonds. The van der Waals surface area contributed by atoms with Crippen LogP contribution in [0.4, 0.5) is 5.69 Å². The molecule has 0 radical (unpaired) electrons. The highest BCUT2D eigenvalue weighted by Gasteiger charge is 2.27. The quantitative estimate of drug-likeness (QED) is 0.810. The van der Waals surface area contributed by atoms with Gasteiger partial charge in [0.2, 0.25) is 0 Å². The zero-order valence-electron chi connectivity index (χ0n) is 10.1. The molecule has 1 aliphatic rings. The van der Waals surface area contributed by atoms with Crippen LogP contribution in [0.1, 0.15) is 18.4 Å². The molecule has 0 unspecified atom stereocenters. The first-order chi connectivity index (χ1) is 8.06. The van der Waals surface area contributed by atoms with Gasteiger partial charge in [-0.05, 0) is 37.9 Å². The van der Waals surface area contributed by atoms with Gasteiger partial charge in [-0.1, -0.05) is 17.7 Å². The molecule has 0 heterocycles. The number of halogens is 1. The molecule has 3 N–H and O–H groups in total. The maximum absolute atomic E-state index is 9.25. The molecule has 94 valence electrons. The Kier molecular flexibility index (Phi) is 3.92. The molecule has 3 nitrogen and oxygen atoms in total. The topological polar surface area (TPSA) is 49.5 Å². The van der Waals surface area contributed by atoms with Crippen molar-refractivity contribution in [2.75, 3.05) is 19.3 Å². The molecule has 1 fully saturated rings. The van der Waals surface area contributed by atoms with Crippen LogP contribution < -0.4 is 5.73 Å². The average Bonchev–Trinajstić information content (AvgIpc) is 2.21. The summed E-state index contributed by atoms with van der Waals surface area (Å²) in [5.74, 6) is 0.610. The van der Waals surface area contributed by atoms with E-state index >= 15 is 0 Å². The van der Waals surface area contributed by atoms with E-state index in [0.717, 1.165) is 42.2 Å². The van der Waals surface area contributed by atoms with E-state index in [1.807, 2.05) is 18.2 Å². The van der Waals surface area contributed by atoms with Crippen LogP contribution in [-0.4, -0.2) is 29.7 Å². The largest absolute Gasteiger partial charge is 0.398 e. The van der Waals surface area contributed by atoms with Gasteiger partial charge in [-0.15, -0.1) is 0 Å². The molecule has 1 aliphatic carbocycles. The number of nitrogens with two attached hydrogens (primary N) is 1. The Morgan fingerprint density at radius 1 is 1.47 bits per heavy atom. The number of aliphatic hydroxyl groups excluding tert-OH is 1. The predicted octanol–water partition coefficient (Wildman–Crippen LogP) is 2.12. The summed E-state index contributed by atoms with van der Waals surface area (Å²) in [6.07, 6.45) is 1.75. The SMILES string of the molecule is CN(Cc1c(N)cccc1Cl)CC1CC(O)C1. The predicted molar refractivity (Wildman–Crippen MR) is 70.9 cm³/mol. The minimum atomic E-state index is -0.0845. The summed E-state index contributed by atoms with van der Waals surface area (Å²) in [6, 6.07) is 5.61. The first kappa shape index (κ1) is 12.7. The van der Waals surface area contributed by atoms with Gasteiger partial charge in [0.25, 0.3) is 0 Å². The van der Waals surface area contributed by atoms with Gasteiger partial charge in [0, 0.05) is 29.4 Å². The summed E-state index contributed by atoms with van der Waals surface area (Å²) in [7, 11) is 2.06. The standard InChI is InChI=1S/C13H19ClN2O/c1-16(7-9-5-10(17)6-9)8-11-12(14)3-2-4-13(11)15/h2-4,9-10,17H,5-8,15H2,1H3. The summed E-state index contributed by atoms with van der Waals surface area (Å²) < 4.78 is 0. The van der Waals surface area contributed by atoms with Crippen molar-refractivity contribution >= 4 is 17.3 Å². The first-order valence-electron chi connectivity index (χ1n) is 5.95. The monoisotopic (exact) mass is 254 g/mol. The molecule has 0 spiro atoms. The van der Waals surface area contributed by atoms with Gasteiger partial charge in [-0.3, -0.25) is 0 Å². The highest BCUT2D eigenvalue weighted by atomic mass is 35.5. The second-order valence-electron chi connectivity index (χ2n) is 5.00. The second kappa shape index (κ2) is 5.25. The van der Waals surface area contributed by atoms with E-state index in [-0.39, 0.29) is 6.10 Å². The molecule has 17 heavy (non-hydrogen) atoms. The number of benzene rings is 1. The molecule has 1 saturated carbocycles. The van der Waals surface area contributed by atoms with Gasteiger partial charge < -0.3 is 15.7 Å². The Morgan fingerprint density at radius 2 is 2.18 bits per heavy atom. The van der Waals surface area contributed by atoms with Crippen LogP contribution >= 0.6 is 11.6 Å². The molecule has 0 aromatic heterocycles. The van der Waals surface area contributed by atoms with Gasteiger partial charge >= 0.3 is 0 Å². The van der Waals surface area contributed by atoms with Crippen molar-refractivity contribution in [3.8, 4) is 0 Å². The maximum atomic E-state index is 9.25. The third kappa shape index (κ3) is 3.12. The van der Waals surface area contributed by atoms with E-state index in [9.17, 15) is 5.11 Å². The summed E-state index contributed by atoms with van der Waals surface area (Å²) >= 11 is 6.13. The molecule has 2 rings (SSSR count). The highest BCUT2D eigenvalue weighted by Crippen LogP contribution is 2.29. The number of nitrogen functional groups attached to an aromatic ring is 1. The molecule has 1 aromatic carbocycles. The lowest BCUT2D eigenvalue weighted by atomic mass is 9.82. The van der Waals surface area contributed by atoms with Crippen molar-refractivity contribution in [1.29, 1.82) is 0 Å². The molecule has 1 aromatic rings. The van der Waals surface area contributed by atoms with Crippen LogP contribution in [0.3, 0.4) is 0 Å². The summed E-state index contributed by atoms with van der Waals surface area (Å²) in [6.45, 7) is 1.75. The number of hydrogen-bond acceptors (Lipinski definition) is 3. The molecule has 0 saturated heterocycles. The van der Waals surface area contributed by atoms with Crippen molar-refractivity contribution in [3.63, 3.8) is 0 Å². The van der Waals surface area contributed by atoms with Crippen molar-refractivity contribution in [1.82, 2.24) is 4.90 Å². The highest BCUT2D eigenvalue weighted by molar-refractivity contribution is 6.31. The van der Waals surface area contributed by atoms with Gasteiger partial charge in [0.15, 0.2) is 0 Å². The van der Waals surface area contributed by atoms with Crippen molar-refractivity contribution in [2.24, 2.45) is 5.92 Å². The van der Waals surface area contributed by atoms with Crippen LogP contribution in [0.15, 0.2) is 18.2 Å². The third-order valence-electron chi connectivity index (χ3n) is 3.36. The van der Waals surface area contributed by atoms with Gasteiger partial charge in [0.05, 0.1) is 6.10 Å². The minimum Gasteiger partial charge on any atom is -0.398 e. The molecule has 0 aliphatic heterocycles. The normalized spacial score (nSPS) is 23.8. The minimum absolute atomic E-state index is 0.0845. The summed E-state index contributed by atoms with van der Waals surface area (Å²) in [5, 5.41) is 9.98. The fourth-order valence-electron chi connectivity index (χ4n) is 2.37. The van der Waals surface area contributed by atoms with Gasteiger partial charge in [-0.2, -0.15) is 0 Å². The first-order valence-corrected chi connectivity index (χ1v) is 6.33. The van der Waals surface area contributed by atoms with E-state index in [1.165, 1.54) is 0 Å². The lowest BCUT2D eigenvalue weighted by molar-refractivity contribution is 0.0274. The van der Waals surface area contributed by atoms with E-state index in [4.69, 9.17) is 17.3 Å². The number of rotatable bonds is 4. The Morgan fingerprint density at radius 3 is 2.76 bits per heavy atom. The van der Waals surface area contributed by atoms with E-state index in [1.54, 1.807) is 0 Å². The zero-order valence-corrected chi connectivity index (χ0v) is 10.8.